The number of amides is 1. The van der Waals surface area contributed by atoms with E-state index >= 15 is 0 Å². The van der Waals surface area contributed by atoms with Gasteiger partial charge in [-0.05, 0) is 12.1 Å². The van der Waals surface area contributed by atoms with Gasteiger partial charge in [0.05, 0.1) is 10.6 Å². The molecule has 0 saturated carbocycles. The molecule has 70 valence electrons. The van der Waals surface area contributed by atoms with Gasteiger partial charge in [-0.1, -0.05) is 23.2 Å². The molecule has 0 spiro atoms. The summed E-state index contributed by atoms with van der Waals surface area (Å²) in [6, 6.07) is 2.86. The van der Waals surface area contributed by atoms with Crippen LogP contribution in [0.4, 0.5) is 0 Å². The average Bonchev–Trinajstić information content (AvgIpc) is 2.13. The minimum Gasteiger partial charge on any atom is -0.505 e. The van der Waals surface area contributed by atoms with Crippen molar-refractivity contribution in [3.8, 4) is 5.75 Å². The molecule has 0 unspecified atom stereocenters. The molecule has 1 aromatic rings. The van der Waals surface area contributed by atoms with E-state index in [2.05, 4.69) is 5.32 Å². The number of phenolic OH excluding ortho intramolecular Hbond substituents is 1. The van der Waals surface area contributed by atoms with Gasteiger partial charge in [-0.3, -0.25) is 4.79 Å². The molecule has 0 fully saturated rings. The van der Waals surface area contributed by atoms with Crippen molar-refractivity contribution in [3.63, 3.8) is 0 Å². The average molecular weight is 220 g/mol. The van der Waals surface area contributed by atoms with Crippen LogP contribution in [0.5, 0.6) is 5.75 Å². The van der Waals surface area contributed by atoms with E-state index < -0.39 is 5.91 Å². The summed E-state index contributed by atoms with van der Waals surface area (Å²) in [5.41, 5.74) is 0.108. The second-order valence-corrected chi connectivity index (χ2v) is 3.12. The maximum atomic E-state index is 11.1. The van der Waals surface area contributed by atoms with Crippen LogP contribution in [0.15, 0.2) is 12.1 Å². The minimum atomic E-state index is -0.406. The summed E-state index contributed by atoms with van der Waals surface area (Å²) in [6.07, 6.45) is 0. The van der Waals surface area contributed by atoms with Crippen LogP contribution in [0, 0.1) is 0 Å². The third kappa shape index (κ3) is 1.87. The zero-order chi connectivity index (χ0) is 10.0. The molecule has 13 heavy (non-hydrogen) atoms. The Morgan fingerprint density at radius 3 is 2.62 bits per heavy atom. The molecular formula is C8H7Cl2NO2. The number of hydrogen-bond donors (Lipinski definition) is 2. The van der Waals surface area contributed by atoms with Gasteiger partial charge in [0.15, 0.2) is 0 Å². The van der Waals surface area contributed by atoms with Gasteiger partial charge in [-0.15, -0.1) is 0 Å². The Bertz CT molecular complexity index is 352. The quantitative estimate of drug-likeness (QED) is 0.760. The van der Waals surface area contributed by atoms with Crippen molar-refractivity contribution >= 4 is 29.1 Å². The Morgan fingerprint density at radius 2 is 2.08 bits per heavy atom. The Balaban J connectivity index is 3.26. The van der Waals surface area contributed by atoms with Crippen molar-refractivity contribution in [2.75, 3.05) is 7.05 Å². The summed E-state index contributed by atoms with van der Waals surface area (Å²) in [5.74, 6) is -0.704. The number of hydrogen-bond acceptors (Lipinski definition) is 2. The third-order valence-electron chi connectivity index (χ3n) is 1.54. The molecule has 1 aromatic carbocycles. The molecule has 0 aliphatic carbocycles. The lowest BCUT2D eigenvalue weighted by Gasteiger charge is -2.05. The molecule has 1 amide bonds. The smallest absolute Gasteiger partial charge is 0.254 e. The van der Waals surface area contributed by atoms with Crippen molar-refractivity contribution in [2.45, 2.75) is 0 Å². The Labute approximate surface area is 85.3 Å². The number of aromatic hydroxyl groups is 1. The van der Waals surface area contributed by atoms with Crippen molar-refractivity contribution in [3.05, 3.63) is 27.7 Å². The highest BCUT2D eigenvalue weighted by atomic mass is 35.5. The monoisotopic (exact) mass is 219 g/mol. The minimum absolute atomic E-state index is 0.0113. The Morgan fingerprint density at radius 1 is 1.46 bits per heavy atom. The lowest BCUT2D eigenvalue weighted by atomic mass is 10.2. The molecule has 5 heteroatoms. The SMILES string of the molecule is CNC(=O)c1ccc(Cl)c(Cl)c1O. The zero-order valence-electron chi connectivity index (χ0n) is 6.77. The summed E-state index contributed by atoms with van der Waals surface area (Å²) in [4.78, 5) is 11.1. The molecule has 0 bridgehead atoms. The van der Waals surface area contributed by atoms with Gasteiger partial charge in [0, 0.05) is 7.05 Å². The molecule has 1 rings (SSSR count). The van der Waals surface area contributed by atoms with Crippen molar-refractivity contribution in [1.82, 2.24) is 5.32 Å². The van der Waals surface area contributed by atoms with Crippen LogP contribution in [0.2, 0.25) is 10.0 Å². The first-order chi connectivity index (χ1) is 6.07. The van der Waals surface area contributed by atoms with Gasteiger partial charge < -0.3 is 10.4 Å². The van der Waals surface area contributed by atoms with Crippen LogP contribution in [-0.4, -0.2) is 18.1 Å². The zero-order valence-corrected chi connectivity index (χ0v) is 8.28. The van der Waals surface area contributed by atoms with Gasteiger partial charge in [-0.25, -0.2) is 0 Å². The molecule has 0 aromatic heterocycles. The summed E-state index contributed by atoms with van der Waals surface area (Å²) in [7, 11) is 1.46. The molecule has 0 aliphatic heterocycles. The highest BCUT2D eigenvalue weighted by Gasteiger charge is 2.14. The fourth-order valence-corrected chi connectivity index (χ4v) is 1.18. The molecule has 0 heterocycles. The number of phenols is 1. The van der Waals surface area contributed by atoms with E-state index in [9.17, 15) is 9.90 Å². The molecule has 0 radical (unpaired) electrons. The molecule has 2 N–H and O–H groups in total. The van der Waals surface area contributed by atoms with E-state index in [0.717, 1.165) is 0 Å². The Hall–Kier alpha value is -0.930. The van der Waals surface area contributed by atoms with E-state index in [1.54, 1.807) is 0 Å². The summed E-state index contributed by atoms with van der Waals surface area (Å²) in [6.45, 7) is 0. The Kier molecular flexibility index (Phi) is 3.01. The fourth-order valence-electron chi connectivity index (χ4n) is 0.858. The van der Waals surface area contributed by atoms with Crippen LogP contribution < -0.4 is 5.32 Å². The predicted octanol–water partition coefficient (Wildman–Crippen LogP) is 2.06. The lowest BCUT2D eigenvalue weighted by molar-refractivity contribution is 0.0960. The van der Waals surface area contributed by atoms with Crippen molar-refractivity contribution < 1.29 is 9.90 Å². The van der Waals surface area contributed by atoms with E-state index in [-0.39, 0.29) is 21.4 Å². The van der Waals surface area contributed by atoms with E-state index in [0.29, 0.717) is 0 Å². The fraction of sp³-hybridized carbons (Fsp3) is 0.125. The van der Waals surface area contributed by atoms with Crippen molar-refractivity contribution in [1.29, 1.82) is 0 Å². The second-order valence-electron chi connectivity index (χ2n) is 2.34. The lowest BCUT2D eigenvalue weighted by Crippen LogP contribution is -2.17. The van der Waals surface area contributed by atoms with Gasteiger partial charge in [0.25, 0.3) is 5.91 Å². The highest BCUT2D eigenvalue weighted by molar-refractivity contribution is 6.43. The number of rotatable bonds is 1. The first-order valence-electron chi connectivity index (χ1n) is 3.47. The second kappa shape index (κ2) is 3.85. The molecular weight excluding hydrogens is 213 g/mol. The first-order valence-corrected chi connectivity index (χ1v) is 4.22. The summed E-state index contributed by atoms with van der Waals surface area (Å²) < 4.78 is 0. The van der Waals surface area contributed by atoms with Gasteiger partial charge in [-0.2, -0.15) is 0 Å². The van der Waals surface area contributed by atoms with Crippen molar-refractivity contribution in [2.24, 2.45) is 0 Å². The summed E-state index contributed by atoms with van der Waals surface area (Å²) >= 11 is 11.2. The largest absolute Gasteiger partial charge is 0.505 e. The maximum Gasteiger partial charge on any atom is 0.254 e. The van der Waals surface area contributed by atoms with Crippen LogP contribution in [-0.2, 0) is 0 Å². The molecule has 0 saturated heterocycles. The topological polar surface area (TPSA) is 49.3 Å². The van der Waals surface area contributed by atoms with E-state index in [4.69, 9.17) is 23.2 Å². The normalized spacial score (nSPS) is 9.77. The number of nitrogens with one attached hydrogen (secondary N) is 1. The summed E-state index contributed by atoms with van der Waals surface area (Å²) in [5, 5.41) is 12.0. The third-order valence-corrected chi connectivity index (χ3v) is 2.34. The van der Waals surface area contributed by atoms with Gasteiger partial charge in [0.2, 0.25) is 0 Å². The maximum absolute atomic E-state index is 11.1. The molecule has 3 nitrogen and oxygen atoms in total. The number of halogens is 2. The van der Waals surface area contributed by atoms with Crippen LogP contribution in [0.25, 0.3) is 0 Å². The van der Waals surface area contributed by atoms with E-state index in [1.165, 1.54) is 19.2 Å². The number of carbonyl (C=O) groups is 1. The first kappa shape index (κ1) is 10.2. The highest BCUT2D eigenvalue weighted by Crippen LogP contribution is 2.33. The predicted molar refractivity (Wildman–Crippen MR) is 51.5 cm³/mol. The van der Waals surface area contributed by atoms with Crippen LogP contribution >= 0.6 is 23.2 Å². The van der Waals surface area contributed by atoms with Gasteiger partial charge in [0.1, 0.15) is 10.8 Å². The van der Waals surface area contributed by atoms with E-state index in [1.807, 2.05) is 0 Å². The molecule has 0 aliphatic rings. The number of carbonyl (C=O) groups excluding carboxylic acids is 1. The standard InChI is InChI=1S/C8H7Cl2NO2/c1-11-8(13)4-2-3-5(9)6(10)7(4)12/h2-3,12H,1H3,(H,11,13). The molecule has 0 atom stereocenters. The van der Waals surface area contributed by atoms with Gasteiger partial charge >= 0.3 is 0 Å². The van der Waals surface area contributed by atoms with Crippen LogP contribution in [0.1, 0.15) is 10.4 Å². The van der Waals surface area contributed by atoms with Crippen LogP contribution in [0.3, 0.4) is 0 Å². The number of benzene rings is 1.